The lowest BCUT2D eigenvalue weighted by molar-refractivity contribution is -0.0769. The largest absolute Gasteiger partial charge is 0.374 e. The molecule has 0 spiro atoms. The maximum absolute atomic E-state index is 5.72. The van der Waals surface area contributed by atoms with E-state index in [0.717, 1.165) is 25.1 Å². The first kappa shape index (κ1) is 12.3. The minimum atomic E-state index is 0.258. The molecule has 0 aromatic carbocycles. The Balaban J connectivity index is 1.94. The summed E-state index contributed by atoms with van der Waals surface area (Å²) in [6, 6.07) is 1.34. The molecular formula is C13H26N2O. The number of hydrogen-bond acceptors (Lipinski definition) is 3. The van der Waals surface area contributed by atoms with Crippen LogP contribution in [0, 0.1) is 5.92 Å². The Hall–Kier alpha value is -0.120. The highest BCUT2D eigenvalue weighted by Gasteiger charge is 2.32. The lowest BCUT2D eigenvalue weighted by Crippen LogP contribution is -2.55. The summed E-state index contributed by atoms with van der Waals surface area (Å²) >= 11 is 0. The molecule has 2 aliphatic rings. The number of nitrogens with two attached hydrogens (primary N) is 1. The van der Waals surface area contributed by atoms with Crippen molar-refractivity contribution in [3.8, 4) is 0 Å². The highest BCUT2D eigenvalue weighted by molar-refractivity contribution is 4.86. The molecule has 3 nitrogen and oxygen atoms in total. The second-order valence-corrected chi connectivity index (χ2v) is 5.66. The van der Waals surface area contributed by atoms with Gasteiger partial charge in [0.05, 0.1) is 12.7 Å². The van der Waals surface area contributed by atoms with Crippen LogP contribution >= 0.6 is 0 Å². The first-order valence-electron chi connectivity index (χ1n) is 6.78. The summed E-state index contributed by atoms with van der Waals surface area (Å²) in [7, 11) is 0. The van der Waals surface area contributed by atoms with E-state index in [9.17, 15) is 0 Å². The van der Waals surface area contributed by atoms with Gasteiger partial charge in [-0.15, -0.1) is 0 Å². The Bertz CT molecular complexity index is 222. The van der Waals surface area contributed by atoms with Crippen molar-refractivity contribution in [3.05, 3.63) is 0 Å². The second-order valence-electron chi connectivity index (χ2n) is 5.66. The molecule has 0 radical (unpaired) electrons. The van der Waals surface area contributed by atoms with Crippen molar-refractivity contribution in [3.63, 3.8) is 0 Å². The number of nitrogens with zero attached hydrogens (tertiary/aromatic N) is 1. The van der Waals surface area contributed by atoms with Gasteiger partial charge in [-0.1, -0.05) is 19.8 Å². The van der Waals surface area contributed by atoms with E-state index in [1.54, 1.807) is 0 Å². The van der Waals surface area contributed by atoms with Gasteiger partial charge in [0.2, 0.25) is 0 Å². The second kappa shape index (κ2) is 5.48. The average molecular weight is 226 g/mol. The molecule has 1 aliphatic heterocycles. The van der Waals surface area contributed by atoms with E-state index in [0.29, 0.717) is 12.6 Å². The zero-order chi connectivity index (χ0) is 11.5. The summed E-state index contributed by atoms with van der Waals surface area (Å²) in [5.41, 5.74) is 5.72. The fourth-order valence-electron chi connectivity index (χ4n) is 3.19. The third kappa shape index (κ3) is 2.76. The van der Waals surface area contributed by atoms with Crippen molar-refractivity contribution in [2.75, 3.05) is 19.7 Å². The molecule has 1 heterocycles. The van der Waals surface area contributed by atoms with Gasteiger partial charge in [-0.2, -0.15) is 0 Å². The topological polar surface area (TPSA) is 38.5 Å². The predicted molar refractivity (Wildman–Crippen MR) is 66.4 cm³/mol. The van der Waals surface area contributed by atoms with Gasteiger partial charge in [0, 0.05) is 25.2 Å². The fourth-order valence-corrected chi connectivity index (χ4v) is 3.19. The molecule has 16 heavy (non-hydrogen) atoms. The molecule has 2 rings (SSSR count). The van der Waals surface area contributed by atoms with Crippen molar-refractivity contribution in [2.45, 2.75) is 57.7 Å². The average Bonchev–Trinajstić information content (AvgIpc) is 2.30. The smallest absolute Gasteiger partial charge is 0.0824 e. The zero-order valence-electron chi connectivity index (χ0n) is 10.7. The summed E-state index contributed by atoms with van der Waals surface area (Å²) < 4.78 is 5.72. The van der Waals surface area contributed by atoms with Gasteiger partial charge in [0.25, 0.3) is 0 Å². The van der Waals surface area contributed by atoms with E-state index in [2.05, 4.69) is 18.7 Å². The van der Waals surface area contributed by atoms with Crippen LogP contribution < -0.4 is 5.73 Å². The van der Waals surface area contributed by atoms with Gasteiger partial charge in [-0.3, -0.25) is 4.90 Å². The Morgan fingerprint density at radius 1 is 1.31 bits per heavy atom. The van der Waals surface area contributed by atoms with Crippen LogP contribution in [0.15, 0.2) is 0 Å². The minimum Gasteiger partial charge on any atom is -0.374 e. The summed E-state index contributed by atoms with van der Waals surface area (Å²) in [4.78, 5) is 2.65. The molecule has 4 atom stereocenters. The van der Waals surface area contributed by atoms with Gasteiger partial charge in [-0.05, 0) is 25.7 Å². The molecule has 0 bridgehead atoms. The highest BCUT2D eigenvalue weighted by atomic mass is 16.5. The van der Waals surface area contributed by atoms with Crippen LogP contribution in [-0.2, 0) is 4.74 Å². The molecule has 94 valence electrons. The van der Waals surface area contributed by atoms with Crippen molar-refractivity contribution in [1.82, 2.24) is 4.90 Å². The lowest BCUT2D eigenvalue weighted by Gasteiger charge is -2.45. The van der Waals surface area contributed by atoms with E-state index >= 15 is 0 Å². The summed E-state index contributed by atoms with van der Waals surface area (Å²) in [6.07, 6.45) is 5.79. The molecule has 1 aliphatic carbocycles. The third-order valence-electron chi connectivity index (χ3n) is 4.19. The van der Waals surface area contributed by atoms with Crippen molar-refractivity contribution in [2.24, 2.45) is 11.7 Å². The van der Waals surface area contributed by atoms with Crippen molar-refractivity contribution in [1.29, 1.82) is 0 Å². The monoisotopic (exact) mass is 226 g/mol. The van der Waals surface area contributed by atoms with Gasteiger partial charge >= 0.3 is 0 Å². The molecule has 3 heteroatoms. The molecule has 0 aromatic heterocycles. The maximum atomic E-state index is 5.72. The standard InChI is InChI=1S/C13H26N2O/c1-10-4-3-5-12(6-10)15-8-13(7-14)16-9-11(15)2/h10-13H,3-9,14H2,1-2H3. The number of hydrogen-bond donors (Lipinski definition) is 1. The van der Waals surface area contributed by atoms with Crippen LogP contribution in [0.25, 0.3) is 0 Å². The van der Waals surface area contributed by atoms with E-state index in [1.165, 1.54) is 25.7 Å². The minimum absolute atomic E-state index is 0.258. The van der Waals surface area contributed by atoms with Gasteiger partial charge in [0.1, 0.15) is 0 Å². The molecule has 4 unspecified atom stereocenters. The van der Waals surface area contributed by atoms with E-state index in [4.69, 9.17) is 10.5 Å². The number of rotatable bonds is 2. The molecule has 2 N–H and O–H groups in total. The van der Waals surface area contributed by atoms with E-state index in [1.807, 2.05) is 0 Å². The van der Waals surface area contributed by atoms with Gasteiger partial charge in [0.15, 0.2) is 0 Å². The molecule has 1 saturated carbocycles. The number of ether oxygens (including phenoxy) is 1. The number of morpholine rings is 1. The molecule has 2 fully saturated rings. The summed E-state index contributed by atoms with van der Waals surface area (Å²) in [5, 5.41) is 0. The first-order valence-corrected chi connectivity index (χ1v) is 6.78. The van der Waals surface area contributed by atoms with Crippen LogP contribution in [0.4, 0.5) is 0 Å². The van der Waals surface area contributed by atoms with Crippen molar-refractivity contribution < 1.29 is 4.74 Å². The first-order chi connectivity index (χ1) is 7.70. The van der Waals surface area contributed by atoms with Gasteiger partial charge in [-0.25, -0.2) is 0 Å². The van der Waals surface area contributed by atoms with Crippen LogP contribution in [-0.4, -0.2) is 42.8 Å². The molecule has 0 amide bonds. The normalized spacial score (nSPS) is 42.2. The Labute approximate surface area is 99.3 Å². The molecular weight excluding hydrogens is 200 g/mol. The van der Waals surface area contributed by atoms with Crippen LogP contribution in [0.3, 0.4) is 0 Å². The highest BCUT2D eigenvalue weighted by Crippen LogP contribution is 2.29. The summed E-state index contributed by atoms with van der Waals surface area (Å²) in [6.45, 7) is 7.22. The predicted octanol–water partition coefficient (Wildman–Crippen LogP) is 1.61. The Morgan fingerprint density at radius 3 is 2.81 bits per heavy atom. The van der Waals surface area contributed by atoms with Crippen molar-refractivity contribution >= 4 is 0 Å². The Kier molecular flexibility index (Phi) is 4.22. The maximum Gasteiger partial charge on any atom is 0.0824 e. The lowest BCUT2D eigenvalue weighted by atomic mass is 9.85. The molecule has 1 saturated heterocycles. The van der Waals surface area contributed by atoms with Gasteiger partial charge < -0.3 is 10.5 Å². The van der Waals surface area contributed by atoms with Crippen LogP contribution in [0.1, 0.15) is 39.5 Å². The van der Waals surface area contributed by atoms with Crippen LogP contribution in [0.5, 0.6) is 0 Å². The van der Waals surface area contributed by atoms with Crippen LogP contribution in [0.2, 0.25) is 0 Å². The summed E-state index contributed by atoms with van der Waals surface area (Å²) in [5.74, 6) is 0.894. The third-order valence-corrected chi connectivity index (χ3v) is 4.19. The molecule has 0 aromatic rings. The van der Waals surface area contributed by atoms with E-state index < -0.39 is 0 Å². The quantitative estimate of drug-likeness (QED) is 0.777. The SMILES string of the molecule is CC1CCCC(N2CC(CN)OCC2C)C1. The fraction of sp³-hybridized carbons (Fsp3) is 1.00. The zero-order valence-corrected chi connectivity index (χ0v) is 10.7. The Morgan fingerprint density at radius 2 is 2.12 bits per heavy atom. The van der Waals surface area contributed by atoms with E-state index in [-0.39, 0.29) is 6.10 Å².